The van der Waals surface area contributed by atoms with Crippen molar-refractivity contribution in [1.29, 1.82) is 0 Å². The fourth-order valence-corrected chi connectivity index (χ4v) is 3.45. The first-order valence-electron chi connectivity index (χ1n) is 5.93. The van der Waals surface area contributed by atoms with Gasteiger partial charge in [0.15, 0.2) is 0 Å². The lowest BCUT2D eigenvalue weighted by molar-refractivity contribution is -0.155. The third-order valence-corrected chi connectivity index (χ3v) is 4.53. The molecule has 0 unspecified atom stereocenters. The first-order chi connectivity index (χ1) is 7.71. The van der Waals surface area contributed by atoms with Crippen molar-refractivity contribution < 1.29 is 14.3 Å². The van der Waals surface area contributed by atoms with Crippen LogP contribution in [0.1, 0.15) is 32.6 Å². The van der Waals surface area contributed by atoms with Gasteiger partial charge < -0.3 is 9.47 Å². The Morgan fingerprint density at radius 1 is 1.56 bits per heavy atom. The highest BCUT2D eigenvalue weighted by atomic mass is 127. The molecule has 0 aromatic heterocycles. The molecule has 1 aliphatic rings. The van der Waals surface area contributed by atoms with Gasteiger partial charge in [0.1, 0.15) is 0 Å². The molecular weight excluding hydrogens is 319 g/mol. The van der Waals surface area contributed by atoms with Gasteiger partial charge in [-0.1, -0.05) is 48.8 Å². The summed E-state index contributed by atoms with van der Waals surface area (Å²) in [7, 11) is 1.48. The van der Waals surface area contributed by atoms with E-state index in [2.05, 4.69) is 29.5 Å². The molecule has 0 aromatic rings. The van der Waals surface area contributed by atoms with E-state index in [0.717, 1.165) is 17.3 Å². The van der Waals surface area contributed by atoms with E-state index >= 15 is 0 Å². The Balaban J connectivity index is 2.71. The minimum Gasteiger partial charge on any atom is -0.469 e. The second-order valence-corrected chi connectivity index (χ2v) is 5.35. The maximum absolute atomic E-state index is 12.0. The number of methoxy groups -OCH3 is 1. The average Bonchev–Trinajstić information content (AvgIpc) is 2.72. The molecule has 0 aromatic carbocycles. The van der Waals surface area contributed by atoms with E-state index in [1.165, 1.54) is 20.0 Å². The van der Waals surface area contributed by atoms with Crippen LogP contribution in [-0.2, 0) is 14.3 Å². The average molecular weight is 340 g/mol. The number of ether oxygens (including phenoxy) is 2. The second-order valence-electron chi connectivity index (χ2n) is 4.47. The normalized spacial score (nSPS) is 29.3. The van der Waals surface area contributed by atoms with Crippen molar-refractivity contribution in [2.24, 2.45) is 11.3 Å². The van der Waals surface area contributed by atoms with Crippen molar-refractivity contribution >= 4 is 28.6 Å². The van der Waals surface area contributed by atoms with Crippen LogP contribution in [0.2, 0.25) is 0 Å². The Kier molecular flexibility index (Phi) is 6.03. The monoisotopic (exact) mass is 340 g/mol. The molecule has 4 heteroatoms. The van der Waals surface area contributed by atoms with Gasteiger partial charge in [0, 0.05) is 10.3 Å². The predicted octanol–water partition coefficient (Wildman–Crippen LogP) is 2.81. The summed E-state index contributed by atoms with van der Waals surface area (Å²) in [6.45, 7) is 3.41. The van der Waals surface area contributed by atoms with E-state index in [4.69, 9.17) is 9.47 Å². The van der Waals surface area contributed by atoms with Gasteiger partial charge in [-0.15, -0.1) is 0 Å². The molecule has 0 amide bonds. The van der Waals surface area contributed by atoms with Gasteiger partial charge in [-0.05, 0) is 6.42 Å². The summed E-state index contributed by atoms with van der Waals surface area (Å²) >= 11 is 2.34. The van der Waals surface area contributed by atoms with Crippen molar-refractivity contribution in [3.05, 3.63) is 0 Å². The zero-order chi connectivity index (χ0) is 12.0. The molecule has 1 heterocycles. The van der Waals surface area contributed by atoms with Gasteiger partial charge >= 0.3 is 5.97 Å². The molecule has 0 radical (unpaired) electrons. The quantitative estimate of drug-likeness (QED) is 0.323. The summed E-state index contributed by atoms with van der Waals surface area (Å²) in [6.07, 6.45) is 4.34. The molecule has 0 bridgehead atoms. The molecule has 1 saturated heterocycles. The van der Waals surface area contributed by atoms with Crippen LogP contribution < -0.4 is 0 Å². The minimum atomic E-state index is -0.370. The van der Waals surface area contributed by atoms with E-state index < -0.39 is 0 Å². The molecule has 1 fully saturated rings. The van der Waals surface area contributed by atoms with Gasteiger partial charge in [0.05, 0.1) is 25.7 Å². The number of alkyl halides is 1. The Bertz CT molecular complexity index is 232. The summed E-state index contributed by atoms with van der Waals surface area (Å²) < 4.78 is 11.4. The fourth-order valence-electron chi connectivity index (χ4n) is 2.35. The fraction of sp³-hybridized carbons (Fsp3) is 0.917. The van der Waals surface area contributed by atoms with Crippen LogP contribution in [-0.4, -0.2) is 30.7 Å². The molecule has 0 N–H and O–H groups in total. The van der Waals surface area contributed by atoms with Gasteiger partial charge in [-0.3, -0.25) is 4.79 Å². The van der Waals surface area contributed by atoms with Crippen LogP contribution >= 0.6 is 22.6 Å². The number of unbranched alkanes of at least 4 members (excludes halogenated alkanes) is 2. The molecule has 0 saturated carbocycles. The molecule has 2 atom stereocenters. The van der Waals surface area contributed by atoms with Crippen molar-refractivity contribution in [1.82, 2.24) is 0 Å². The number of esters is 1. The van der Waals surface area contributed by atoms with E-state index in [0.29, 0.717) is 19.1 Å². The van der Waals surface area contributed by atoms with Crippen LogP contribution in [0.4, 0.5) is 0 Å². The van der Waals surface area contributed by atoms with Crippen LogP contribution in [0.15, 0.2) is 0 Å². The lowest BCUT2D eigenvalue weighted by Gasteiger charge is -2.29. The van der Waals surface area contributed by atoms with Gasteiger partial charge in [-0.25, -0.2) is 0 Å². The zero-order valence-electron chi connectivity index (χ0n) is 10.1. The van der Waals surface area contributed by atoms with Crippen molar-refractivity contribution in [2.75, 3.05) is 24.8 Å². The smallest absolute Gasteiger partial charge is 0.314 e. The summed E-state index contributed by atoms with van der Waals surface area (Å²) in [4.78, 5) is 12.0. The summed E-state index contributed by atoms with van der Waals surface area (Å²) in [6, 6.07) is 0. The van der Waals surface area contributed by atoms with Crippen LogP contribution in [0.5, 0.6) is 0 Å². The summed E-state index contributed by atoms with van der Waals surface area (Å²) in [5, 5.41) is 0. The van der Waals surface area contributed by atoms with Crippen LogP contribution in [0.25, 0.3) is 0 Å². The number of hydrogen-bond donors (Lipinski definition) is 0. The topological polar surface area (TPSA) is 35.5 Å². The highest BCUT2D eigenvalue weighted by Crippen LogP contribution is 2.41. The molecule has 0 spiro atoms. The van der Waals surface area contributed by atoms with Gasteiger partial charge in [0.2, 0.25) is 0 Å². The Hall–Kier alpha value is 0.160. The lowest BCUT2D eigenvalue weighted by Crippen LogP contribution is -2.40. The highest BCUT2D eigenvalue weighted by molar-refractivity contribution is 14.1. The maximum Gasteiger partial charge on any atom is 0.314 e. The SMILES string of the molecule is CCCCC[C@]1(C(=O)OC)COC[C@H]1CI. The largest absolute Gasteiger partial charge is 0.469 e. The van der Waals surface area contributed by atoms with Gasteiger partial charge in [-0.2, -0.15) is 0 Å². The number of rotatable bonds is 6. The number of carbonyl (C=O) groups excluding carboxylic acids is 1. The minimum absolute atomic E-state index is 0.0808. The van der Waals surface area contributed by atoms with Crippen LogP contribution in [0, 0.1) is 11.3 Å². The third kappa shape index (κ3) is 2.88. The molecule has 1 aliphatic heterocycles. The molecule has 16 heavy (non-hydrogen) atoms. The standard InChI is InChI=1S/C12H21IO3/c1-3-4-5-6-12(11(14)15-2)9-16-8-10(12)7-13/h10H,3-9H2,1-2H3/t10-,12+/m1/s1. The molecular formula is C12H21IO3. The lowest BCUT2D eigenvalue weighted by atomic mass is 9.75. The van der Waals surface area contributed by atoms with E-state index in [1.54, 1.807) is 0 Å². The molecule has 94 valence electrons. The van der Waals surface area contributed by atoms with Crippen molar-refractivity contribution in [3.8, 4) is 0 Å². The van der Waals surface area contributed by atoms with Crippen molar-refractivity contribution in [3.63, 3.8) is 0 Å². The first-order valence-corrected chi connectivity index (χ1v) is 7.46. The second kappa shape index (κ2) is 6.79. The first kappa shape index (κ1) is 14.2. The molecule has 1 rings (SSSR count). The number of halogens is 1. The van der Waals surface area contributed by atoms with Crippen molar-refractivity contribution in [2.45, 2.75) is 32.6 Å². The zero-order valence-corrected chi connectivity index (χ0v) is 12.3. The Morgan fingerprint density at radius 2 is 2.31 bits per heavy atom. The maximum atomic E-state index is 12.0. The van der Waals surface area contributed by atoms with E-state index in [9.17, 15) is 4.79 Å². The van der Waals surface area contributed by atoms with Gasteiger partial charge in [0.25, 0.3) is 0 Å². The van der Waals surface area contributed by atoms with E-state index in [-0.39, 0.29) is 11.4 Å². The highest BCUT2D eigenvalue weighted by Gasteiger charge is 2.49. The number of carbonyl (C=O) groups is 1. The third-order valence-electron chi connectivity index (χ3n) is 3.46. The Labute approximate surface area is 111 Å². The summed E-state index contributed by atoms with van der Waals surface area (Å²) in [5.41, 5.74) is -0.370. The molecule has 3 nitrogen and oxygen atoms in total. The molecule has 0 aliphatic carbocycles. The summed E-state index contributed by atoms with van der Waals surface area (Å²) in [5.74, 6) is 0.236. The Morgan fingerprint density at radius 3 is 2.88 bits per heavy atom. The van der Waals surface area contributed by atoms with E-state index in [1.807, 2.05) is 0 Å². The predicted molar refractivity (Wildman–Crippen MR) is 71.8 cm³/mol. The van der Waals surface area contributed by atoms with Crippen LogP contribution in [0.3, 0.4) is 0 Å². The number of hydrogen-bond acceptors (Lipinski definition) is 3.